The molecular weight excluding hydrogens is 128 g/mol. The van der Waals surface area contributed by atoms with Crippen molar-refractivity contribution in [1.29, 1.82) is 0 Å². The van der Waals surface area contributed by atoms with Crippen molar-refractivity contribution in [3.8, 4) is 0 Å². The molecule has 10 heavy (non-hydrogen) atoms. The van der Waals surface area contributed by atoms with Gasteiger partial charge in [-0.25, -0.2) is 0 Å². The van der Waals surface area contributed by atoms with Crippen LogP contribution < -0.4 is 0 Å². The summed E-state index contributed by atoms with van der Waals surface area (Å²) in [6, 6.07) is 0. The van der Waals surface area contributed by atoms with Gasteiger partial charge < -0.3 is 9.47 Å². The second-order valence-electron chi connectivity index (χ2n) is 2.04. The molecule has 0 heterocycles. The summed E-state index contributed by atoms with van der Waals surface area (Å²) in [5, 5.41) is 0. The highest BCUT2D eigenvalue weighted by atomic mass is 16.7. The Balaban J connectivity index is 2.66. The van der Waals surface area contributed by atoms with Crippen LogP contribution in [0.1, 0.15) is 0 Å². The molecule has 0 aromatic carbocycles. The van der Waals surface area contributed by atoms with Crippen molar-refractivity contribution in [1.82, 2.24) is 0 Å². The van der Waals surface area contributed by atoms with Crippen molar-refractivity contribution in [3.05, 3.63) is 30.7 Å². The Hall–Kier alpha value is -0.600. The second kappa shape index (κ2) is 2.99. The third kappa shape index (κ3) is 1.28. The summed E-state index contributed by atoms with van der Waals surface area (Å²) in [5.74, 6) is -0.630. The molecule has 1 aliphatic carbocycles. The van der Waals surface area contributed by atoms with E-state index in [-0.39, 0.29) is 0 Å². The fraction of sp³-hybridized carbons (Fsp3) is 0.375. The van der Waals surface area contributed by atoms with Gasteiger partial charge in [0.15, 0.2) is 5.79 Å². The van der Waals surface area contributed by atoms with Gasteiger partial charge in [-0.3, -0.25) is 0 Å². The van der Waals surface area contributed by atoms with Gasteiger partial charge in [0.25, 0.3) is 0 Å². The molecule has 0 atom stereocenters. The Bertz CT molecular complexity index is 155. The van der Waals surface area contributed by atoms with E-state index in [1.165, 1.54) is 0 Å². The zero-order valence-electron chi connectivity index (χ0n) is 6.20. The number of allylic oxidation sites excluding steroid dienone is 2. The highest BCUT2D eigenvalue weighted by Crippen LogP contribution is 2.20. The van der Waals surface area contributed by atoms with E-state index >= 15 is 0 Å². The lowest BCUT2D eigenvalue weighted by Crippen LogP contribution is -2.31. The van der Waals surface area contributed by atoms with Crippen molar-refractivity contribution in [2.75, 3.05) is 14.2 Å². The van der Waals surface area contributed by atoms with Gasteiger partial charge in [0.1, 0.15) is 0 Å². The van der Waals surface area contributed by atoms with Gasteiger partial charge in [-0.15, -0.1) is 0 Å². The molecule has 0 aromatic rings. The molecule has 0 saturated carbocycles. The quantitative estimate of drug-likeness (QED) is 0.537. The van der Waals surface area contributed by atoms with Crippen LogP contribution in [0.15, 0.2) is 24.3 Å². The monoisotopic (exact) mass is 139 g/mol. The smallest absolute Gasteiger partial charge is 0.194 e. The molecule has 2 heteroatoms. The average Bonchev–Trinajstić information content (AvgIpc) is 2.06. The standard InChI is InChI=1S/C8H11O2/c1-9-8(10-2)6-4-3-5-7-8/h3-7H,1-2H3. The van der Waals surface area contributed by atoms with Crippen molar-refractivity contribution in [3.63, 3.8) is 0 Å². The molecule has 1 aliphatic rings. The first-order chi connectivity index (χ1) is 4.83. The van der Waals surface area contributed by atoms with Crippen LogP contribution in [-0.2, 0) is 9.47 Å². The van der Waals surface area contributed by atoms with Gasteiger partial charge >= 0.3 is 0 Å². The van der Waals surface area contributed by atoms with E-state index in [4.69, 9.17) is 9.47 Å². The van der Waals surface area contributed by atoms with E-state index in [1.807, 2.05) is 30.7 Å². The maximum Gasteiger partial charge on any atom is 0.194 e. The Morgan fingerprint density at radius 3 is 2.00 bits per heavy atom. The van der Waals surface area contributed by atoms with Gasteiger partial charge in [0, 0.05) is 20.6 Å². The predicted molar refractivity (Wildman–Crippen MR) is 39.3 cm³/mol. The normalized spacial score (nSPS) is 21.4. The predicted octanol–water partition coefficient (Wildman–Crippen LogP) is 1.31. The zero-order valence-corrected chi connectivity index (χ0v) is 6.20. The average molecular weight is 139 g/mol. The number of ether oxygens (including phenoxy) is 2. The van der Waals surface area contributed by atoms with Crippen molar-refractivity contribution in [2.45, 2.75) is 5.79 Å². The highest BCUT2D eigenvalue weighted by molar-refractivity contribution is 5.24. The highest BCUT2D eigenvalue weighted by Gasteiger charge is 2.25. The molecule has 0 aliphatic heterocycles. The van der Waals surface area contributed by atoms with Crippen LogP contribution in [0.4, 0.5) is 0 Å². The summed E-state index contributed by atoms with van der Waals surface area (Å²) in [4.78, 5) is 0. The molecule has 2 nitrogen and oxygen atoms in total. The SMILES string of the molecule is COC1(OC)[CH]C=CC=C1. The molecule has 55 valence electrons. The summed E-state index contributed by atoms with van der Waals surface area (Å²) in [5.41, 5.74) is 0. The minimum Gasteiger partial charge on any atom is -0.349 e. The van der Waals surface area contributed by atoms with Crippen LogP contribution in [-0.4, -0.2) is 20.0 Å². The van der Waals surface area contributed by atoms with E-state index in [2.05, 4.69) is 0 Å². The Morgan fingerprint density at radius 1 is 1.00 bits per heavy atom. The Morgan fingerprint density at radius 2 is 1.70 bits per heavy atom. The first-order valence-electron chi connectivity index (χ1n) is 3.14. The van der Waals surface area contributed by atoms with Crippen molar-refractivity contribution in [2.24, 2.45) is 0 Å². The van der Waals surface area contributed by atoms with E-state index in [9.17, 15) is 0 Å². The molecule has 0 unspecified atom stereocenters. The molecule has 0 aromatic heterocycles. The fourth-order valence-corrected chi connectivity index (χ4v) is 0.855. The summed E-state index contributed by atoms with van der Waals surface area (Å²) < 4.78 is 10.2. The van der Waals surface area contributed by atoms with Crippen LogP contribution >= 0.6 is 0 Å². The number of hydrogen-bond acceptors (Lipinski definition) is 2. The molecule has 0 fully saturated rings. The zero-order chi connectivity index (χ0) is 7.45. The van der Waals surface area contributed by atoms with Crippen LogP contribution in [0, 0.1) is 6.42 Å². The third-order valence-corrected chi connectivity index (χ3v) is 1.52. The molecule has 1 radical (unpaired) electrons. The Kier molecular flexibility index (Phi) is 2.25. The number of rotatable bonds is 2. The maximum absolute atomic E-state index is 5.11. The van der Waals surface area contributed by atoms with E-state index < -0.39 is 5.79 Å². The van der Waals surface area contributed by atoms with Gasteiger partial charge in [0.2, 0.25) is 0 Å². The maximum atomic E-state index is 5.11. The summed E-state index contributed by atoms with van der Waals surface area (Å²) in [7, 11) is 3.23. The van der Waals surface area contributed by atoms with Gasteiger partial charge in [-0.05, 0) is 6.08 Å². The van der Waals surface area contributed by atoms with Gasteiger partial charge in [-0.1, -0.05) is 18.2 Å². The molecule has 0 N–H and O–H groups in total. The van der Waals surface area contributed by atoms with E-state index in [0.29, 0.717) is 0 Å². The minimum absolute atomic E-state index is 0.630. The number of methoxy groups -OCH3 is 2. The van der Waals surface area contributed by atoms with E-state index in [0.717, 1.165) is 0 Å². The molecule has 0 amide bonds. The lowest BCUT2D eigenvalue weighted by Gasteiger charge is -2.27. The summed E-state index contributed by atoms with van der Waals surface area (Å²) >= 11 is 0. The first-order valence-corrected chi connectivity index (χ1v) is 3.14. The van der Waals surface area contributed by atoms with Crippen LogP contribution in [0.3, 0.4) is 0 Å². The molecule has 0 spiro atoms. The lowest BCUT2D eigenvalue weighted by atomic mass is 10.1. The topological polar surface area (TPSA) is 18.5 Å². The second-order valence-corrected chi connectivity index (χ2v) is 2.04. The third-order valence-electron chi connectivity index (χ3n) is 1.52. The van der Waals surface area contributed by atoms with Crippen LogP contribution in [0.5, 0.6) is 0 Å². The Labute approximate surface area is 61.1 Å². The number of hydrogen-bond donors (Lipinski definition) is 0. The summed E-state index contributed by atoms with van der Waals surface area (Å²) in [6.45, 7) is 0. The minimum atomic E-state index is -0.630. The fourth-order valence-electron chi connectivity index (χ4n) is 0.855. The molecular formula is C8H11O2. The van der Waals surface area contributed by atoms with Crippen LogP contribution in [0.2, 0.25) is 0 Å². The van der Waals surface area contributed by atoms with Crippen molar-refractivity contribution < 1.29 is 9.47 Å². The summed E-state index contributed by atoms with van der Waals surface area (Å²) in [6.07, 6.45) is 9.43. The first kappa shape index (κ1) is 7.51. The molecule has 1 rings (SSSR count). The van der Waals surface area contributed by atoms with Gasteiger partial charge in [0.05, 0.1) is 0 Å². The molecule has 0 saturated heterocycles. The molecule has 0 bridgehead atoms. The van der Waals surface area contributed by atoms with E-state index in [1.54, 1.807) is 14.2 Å². The largest absolute Gasteiger partial charge is 0.349 e. The van der Waals surface area contributed by atoms with Crippen LogP contribution in [0.25, 0.3) is 0 Å². The van der Waals surface area contributed by atoms with Gasteiger partial charge in [-0.2, -0.15) is 0 Å². The van der Waals surface area contributed by atoms with Crippen molar-refractivity contribution >= 4 is 0 Å². The lowest BCUT2D eigenvalue weighted by molar-refractivity contribution is -0.142.